The van der Waals surface area contributed by atoms with Crippen molar-refractivity contribution in [2.24, 2.45) is 11.1 Å². The highest BCUT2D eigenvalue weighted by atomic mass is 35.5. The molecular weight excluding hydrogens is 244 g/mol. The van der Waals surface area contributed by atoms with Gasteiger partial charge in [0.05, 0.1) is 0 Å². The number of benzene rings is 1. The Morgan fingerprint density at radius 3 is 2.44 bits per heavy atom. The summed E-state index contributed by atoms with van der Waals surface area (Å²) in [5, 5.41) is 0.777. The van der Waals surface area contributed by atoms with Gasteiger partial charge in [0, 0.05) is 30.3 Å². The van der Waals surface area contributed by atoms with Crippen LogP contribution in [0.15, 0.2) is 18.2 Å². The van der Waals surface area contributed by atoms with Gasteiger partial charge >= 0.3 is 0 Å². The fraction of sp³-hybridized carbons (Fsp3) is 0.600. The normalized spacial score (nSPS) is 13.5. The van der Waals surface area contributed by atoms with Crippen LogP contribution in [0.25, 0.3) is 0 Å². The highest BCUT2D eigenvalue weighted by Crippen LogP contribution is 2.27. The first-order valence-corrected chi connectivity index (χ1v) is 6.82. The third kappa shape index (κ3) is 4.87. The molecular formula is C15H25ClN2. The Morgan fingerprint density at radius 1 is 1.33 bits per heavy atom. The zero-order chi connectivity index (χ0) is 13.9. The molecule has 3 heteroatoms. The standard InChI is InChI=1S/C15H25ClN2/c1-11(17)8-12-6-7-13(16)9-14(12)18(5)10-15(2,3)4/h6-7,9,11H,8,10,17H2,1-5H3. The van der Waals surface area contributed by atoms with Gasteiger partial charge in [0.1, 0.15) is 0 Å². The van der Waals surface area contributed by atoms with Crippen molar-refractivity contribution in [1.82, 2.24) is 0 Å². The van der Waals surface area contributed by atoms with E-state index in [-0.39, 0.29) is 11.5 Å². The van der Waals surface area contributed by atoms with Crippen LogP contribution < -0.4 is 10.6 Å². The third-order valence-electron chi connectivity index (χ3n) is 2.71. The molecule has 0 amide bonds. The summed E-state index contributed by atoms with van der Waals surface area (Å²) in [7, 11) is 2.11. The molecule has 1 aromatic rings. The van der Waals surface area contributed by atoms with Gasteiger partial charge in [0.2, 0.25) is 0 Å². The van der Waals surface area contributed by atoms with Crippen molar-refractivity contribution in [3.8, 4) is 0 Å². The lowest BCUT2D eigenvalue weighted by atomic mass is 9.95. The summed E-state index contributed by atoms with van der Waals surface area (Å²) >= 11 is 6.11. The molecule has 0 aliphatic rings. The molecule has 2 nitrogen and oxygen atoms in total. The number of halogens is 1. The Hall–Kier alpha value is -0.730. The average molecular weight is 269 g/mol. The summed E-state index contributed by atoms with van der Waals surface area (Å²) < 4.78 is 0. The van der Waals surface area contributed by atoms with Crippen LogP contribution in [0.3, 0.4) is 0 Å². The van der Waals surface area contributed by atoms with Crippen LogP contribution in [-0.4, -0.2) is 19.6 Å². The molecule has 0 radical (unpaired) electrons. The number of nitrogens with zero attached hydrogens (tertiary/aromatic N) is 1. The number of hydrogen-bond donors (Lipinski definition) is 1. The number of hydrogen-bond acceptors (Lipinski definition) is 2. The van der Waals surface area contributed by atoms with Crippen molar-refractivity contribution < 1.29 is 0 Å². The van der Waals surface area contributed by atoms with Gasteiger partial charge in [-0.1, -0.05) is 38.4 Å². The molecule has 1 atom stereocenters. The largest absolute Gasteiger partial charge is 0.374 e. The number of anilines is 1. The van der Waals surface area contributed by atoms with E-state index in [2.05, 4.69) is 38.8 Å². The van der Waals surface area contributed by atoms with Crippen LogP contribution in [0.4, 0.5) is 5.69 Å². The maximum atomic E-state index is 6.11. The molecule has 0 aliphatic heterocycles. The molecule has 1 rings (SSSR count). The first-order chi connectivity index (χ1) is 8.19. The summed E-state index contributed by atoms with van der Waals surface area (Å²) in [4.78, 5) is 2.27. The van der Waals surface area contributed by atoms with Gasteiger partial charge in [0.25, 0.3) is 0 Å². The summed E-state index contributed by atoms with van der Waals surface area (Å²) in [6.07, 6.45) is 0.876. The second-order valence-corrected chi connectivity index (χ2v) is 6.81. The van der Waals surface area contributed by atoms with Crippen molar-refractivity contribution >= 4 is 17.3 Å². The van der Waals surface area contributed by atoms with Crippen LogP contribution in [0.5, 0.6) is 0 Å². The average Bonchev–Trinajstić information content (AvgIpc) is 2.17. The van der Waals surface area contributed by atoms with Crippen molar-refractivity contribution in [2.45, 2.75) is 40.2 Å². The summed E-state index contributed by atoms with van der Waals surface area (Å²) in [5.41, 5.74) is 8.61. The van der Waals surface area contributed by atoms with Gasteiger partial charge in [-0.05, 0) is 36.5 Å². The lowest BCUT2D eigenvalue weighted by Crippen LogP contribution is -2.30. The summed E-state index contributed by atoms with van der Waals surface area (Å²) in [6, 6.07) is 6.21. The van der Waals surface area contributed by atoms with E-state index in [1.165, 1.54) is 11.3 Å². The molecule has 0 spiro atoms. The predicted octanol–water partition coefficient (Wildman–Crippen LogP) is 3.71. The molecule has 0 heterocycles. The van der Waals surface area contributed by atoms with Crippen LogP contribution >= 0.6 is 11.6 Å². The minimum Gasteiger partial charge on any atom is -0.374 e. The molecule has 0 saturated heterocycles. The van der Waals surface area contributed by atoms with E-state index in [0.717, 1.165) is 18.0 Å². The molecule has 18 heavy (non-hydrogen) atoms. The van der Waals surface area contributed by atoms with Crippen LogP contribution in [0.1, 0.15) is 33.3 Å². The van der Waals surface area contributed by atoms with Crippen molar-refractivity contribution in [3.63, 3.8) is 0 Å². The van der Waals surface area contributed by atoms with Crippen molar-refractivity contribution in [3.05, 3.63) is 28.8 Å². The van der Waals surface area contributed by atoms with E-state index in [0.29, 0.717) is 0 Å². The molecule has 0 aliphatic carbocycles. The van der Waals surface area contributed by atoms with Gasteiger partial charge in [-0.15, -0.1) is 0 Å². The minimum absolute atomic E-state index is 0.160. The fourth-order valence-corrected chi connectivity index (χ4v) is 2.37. The van der Waals surface area contributed by atoms with E-state index in [4.69, 9.17) is 17.3 Å². The fourth-order valence-electron chi connectivity index (χ4n) is 2.21. The minimum atomic E-state index is 0.160. The quantitative estimate of drug-likeness (QED) is 0.902. The monoisotopic (exact) mass is 268 g/mol. The highest BCUT2D eigenvalue weighted by Gasteiger charge is 2.16. The second kappa shape index (κ2) is 5.94. The summed E-state index contributed by atoms with van der Waals surface area (Å²) in [5.74, 6) is 0. The highest BCUT2D eigenvalue weighted by molar-refractivity contribution is 6.30. The van der Waals surface area contributed by atoms with Gasteiger partial charge in [-0.3, -0.25) is 0 Å². The zero-order valence-corrected chi connectivity index (χ0v) is 12.9. The lowest BCUT2D eigenvalue weighted by molar-refractivity contribution is 0.418. The molecule has 2 N–H and O–H groups in total. The first-order valence-electron chi connectivity index (χ1n) is 6.44. The molecule has 0 saturated carbocycles. The molecule has 1 unspecified atom stereocenters. The van der Waals surface area contributed by atoms with E-state index in [1.807, 2.05) is 19.1 Å². The SMILES string of the molecule is CC(N)Cc1ccc(Cl)cc1N(C)CC(C)(C)C. The number of rotatable bonds is 4. The Bertz CT molecular complexity index is 394. The summed E-state index contributed by atoms with van der Waals surface area (Å²) in [6.45, 7) is 9.72. The molecule has 0 fully saturated rings. The Morgan fingerprint density at radius 2 is 1.94 bits per heavy atom. The van der Waals surface area contributed by atoms with Gasteiger partial charge in [-0.2, -0.15) is 0 Å². The Balaban J connectivity index is 3.00. The molecule has 1 aromatic carbocycles. The lowest BCUT2D eigenvalue weighted by Gasteiger charge is -2.30. The topological polar surface area (TPSA) is 29.3 Å². The smallest absolute Gasteiger partial charge is 0.0426 e. The van der Waals surface area contributed by atoms with Crippen LogP contribution in [0.2, 0.25) is 5.02 Å². The number of nitrogens with two attached hydrogens (primary N) is 1. The maximum Gasteiger partial charge on any atom is 0.0426 e. The maximum absolute atomic E-state index is 6.11. The van der Waals surface area contributed by atoms with Crippen LogP contribution in [-0.2, 0) is 6.42 Å². The predicted molar refractivity (Wildman–Crippen MR) is 81.5 cm³/mol. The van der Waals surface area contributed by atoms with Gasteiger partial charge < -0.3 is 10.6 Å². The van der Waals surface area contributed by atoms with E-state index >= 15 is 0 Å². The Kier molecular flexibility index (Phi) is 5.06. The van der Waals surface area contributed by atoms with Gasteiger partial charge in [0.15, 0.2) is 0 Å². The second-order valence-electron chi connectivity index (χ2n) is 6.37. The van der Waals surface area contributed by atoms with Crippen molar-refractivity contribution in [2.75, 3.05) is 18.5 Å². The van der Waals surface area contributed by atoms with E-state index in [9.17, 15) is 0 Å². The molecule has 102 valence electrons. The zero-order valence-electron chi connectivity index (χ0n) is 12.1. The van der Waals surface area contributed by atoms with E-state index < -0.39 is 0 Å². The van der Waals surface area contributed by atoms with Gasteiger partial charge in [-0.25, -0.2) is 0 Å². The Labute approximate surface area is 116 Å². The van der Waals surface area contributed by atoms with Crippen LogP contribution in [0, 0.1) is 5.41 Å². The third-order valence-corrected chi connectivity index (χ3v) is 2.95. The van der Waals surface area contributed by atoms with Crippen molar-refractivity contribution in [1.29, 1.82) is 0 Å². The van der Waals surface area contributed by atoms with E-state index in [1.54, 1.807) is 0 Å². The molecule has 0 aromatic heterocycles. The molecule has 0 bridgehead atoms. The first kappa shape index (κ1) is 15.3.